The highest BCUT2D eigenvalue weighted by atomic mass is 16.5. The van der Waals surface area contributed by atoms with Crippen LogP contribution in [0.25, 0.3) is 0 Å². The van der Waals surface area contributed by atoms with E-state index in [9.17, 15) is 0 Å². The third-order valence-corrected chi connectivity index (χ3v) is 3.94. The molecule has 0 aromatic rings. The van der Waals surface area contributed by atoms with Gasteiger partial charge in [0, 0.05) is 26.7 Å². The second-order valence-electron chi connectivity index (χ2n) is 5.89. The van der Waals surface area contributed by atoms with E-state index in [2.05, 4.69) is 23.6 Å². The van der Waals surface area contributed by atoms with Crippen LogP contribution in [-0.2, 0) is 4.74 Å². The van der Waals surface area contributed by atoms with E-state index in [0.717, 1.165) is 32.5 Å². The first-order valence-electron chi connectivity index (χ1n) is 7.27. The molecule has 0 radical (unpaired) electrons. The standard InChI is InChI=1S/C14H31N3O/c1-14(2,18-3)6-11-17-10-5-9-16(12-13-17)8-4-7-15/h4-13,15H2,1-3H3. The van der Waals surface area contributed by atoms with Crippen LogP contribution >= 0.6 is 0 Å². The molecule has 0 bridgehead atoms. The first-order valence-corrected chi connectivity index (χ1v) is 7.27. The molecule has 0 aromatic heterocycles. The van der Waals surface area contributed by atoms with Crippen molar-refractivity contribution in [3.05, 3.63) is 0 Å². The second kappa shape index (κ2) is 8.10. The molecule has 1 rings (SSSR count). The van der Waals surface area contributed by atoms with Crippen molar-refractivity contribution in [2.45, 2.75) is 38.7 Å². The van der Waals surface area contributed by atoms with Gasteiger partial charge in [0.05, 0.1) is 5.60 Å². The van der Waals surface area contributed by atoms with E-state index in [-0.39, 0.29) is 5.60 Å². The fourth-order valence-electron chi connectivity index (χ4n) is 2.32. The quantitative estimate of drug-likeness (QED) is 0.743. The lowest BCUT2D eigenvalue weighted by atomic mass is 10.1. The SMILES string of the molecule is COC(C)(C)CCN1CCCN(CCCN)CC1. The number of rotatable bonds is 7. The van der Waals surface area contributed by atoms with Gasteiger partial charge in [0.25, 0.3) is 0 Å². The minimum atomic E-state index is 0.00550. The molecule has 0 saturated carbocycles. The van der Waals surface area contributed by atoms with Crippen LogP contribution in [0.15, 0.2) is 0 Å². The van der Waals surface area contributed by atoms with Gasteiger partial charge in [-0.15, -0.1) is 0 Å². The van der Waals surface area contributed by atoms with Crippen LogP contribution in [-0.4, -0.2) is 68.3 Å². The summed E-state index contributed by atoms with van der Waals surface area (Å²) >= 11 is 0. The fourth-order valence-corrected chi connectivity index (χ4v) is 2.32. The first kappa shape index (κ1) is 15.9. The van der Waals surface area contributed by atoms with Crippen LogP contribution in [0.4, 0.5) is 0 Å². The van der Waals surface area contributed by atoms with Gasteiger partial charge in [-0.2, -0.15) is 0 Å². The topological polar surface area (TPSA) is 41.7 Å². The summed E-state index contributed by atoms with van der Waals surface area (Å²) in [5.41, 5.74) is 5.58. The number of hydrogen-bond acceptors (Lipinski definition) is 4. The van der Waals surface area contributed by atoms with Crippen molar-refractivity contribution in [1.82, 2.24) is 9.80 Å². The van der Waals surface area contributed by atoms with Gasteiger partial charge in [-0.3, -0.25) is 0 Å². The molecule has 108 valence electrons. The molecule has 1 aliphatic heterocycles. The summed E-state index contributed by atoms with van der Waals surface area (Å²) < 4.78 is 5.48. The number of nitrogens with zero attached hydrogens (tertiary/aromatic N) is 2. The van der Waals surface area contributed by atoms with Crippen LogP contribution < -0.4 is 5.73 Å². The molecule has 0 unspecified atom stereocenters. The summed E-state index contributed by atoms with van der Waals surface area (Å²) in [6, 6.07) is 0. The van der Waals surface area contributed by atoms with Gasteiger partial charge in [-0.1, -0.05) is 0 Å². The lowest BCUT2D eigenvalue weighted by molar-refractivity contribution is 0.00770. The molecule has 4 heteroatoms. The molecule has 2 N–H and O–H groups in total. The highest BCUT2D eigenvalue weighted by molar-refractivity contribution is 4.74. The van der Waals surface area contributed by atoms with Gasteiger partial charge in [-0.25, -0.2) is 0 Å². The Morgan fingerprint density at radius 3 is 2.22 bits per heavy atom. The van der Waals surface area contributed by atoms with Gasteiger partial charge < -0.3 is 20.3 Å². The zero-order valence-corrected chi connectivity index (χ0v) is 12.5. The van der Waals surface area contributed by atoms with Crippen LogP contribution in [0.2, 0.25) is 0 Å². The minimum absolute atomic E-state index is 0.00550. The summed E-state index contributed by atoms with van der Waals surface area (Å²) in [4.78, 5) is 5.12. The van der Waals surface area contributed by atoms with E-state index in [0.29, 0.717) is 0 Å². The predicted molar refractivity (Wildman–Crippen MR) is 76.9 cm³/mol. The molecular formula is C14H31N3O. The van der Waals surface area contributed by atoms with Gasteiger partial charge >= 0.3 is 0 Å². The van der Waals surface area contributed by atoms with E-state index in [1.807, 2.05) is 0 Å². The summed E-state index contributed by atoms with van der Waals surface area (Å²) in [6.45, 7) is 12.3. The van der Waals surface area contributed by atoms with Crippen molar-refractivity contribution >= 4 is 0 Å². The number of hydrogen-bond donors (Lipinski definition) is 1. The summed E-state index contributed by atoms with van der Waals surface area (Å²) in [7, 11) is 1.80. The largest absolute Gasteiger partial charge is 0.379 e. The molecule has 1 aliphatic rings. The maximum Gasteiger partial charge on any atom is 0.0634 e. The third kappa shape index (κ3) is 6.14. The van der Waals surface area contributed by atoms with Crippen molar-refractivity contribution in [3.8, 4) is 0 Å². The molecule has 0 aromatic carbocycles. The molecule has 4 nitrogen and oxygen atoms in total. The maximum atomic E-state index is 5.57. The summed E-state index contributed by atoms with van der Waals surface area (Å²) in [6.07, 6.45) is 3.50. The zero-order valence-electron chi connectivity index (χ0n) is 12.5. The average molecular weight is 257 g/mol. The van der Waals surface area contributed by atoms with Gasteiger partial charge in [-0.05, 0) is 59.3 Å². The van der Waals surface area contributed by atoms with Crippen molar-refractivity contribution in [3.63, 3.8) is 0 Å². The van der Waals surface area contributed by atoms with Crippen LogP contribution in [0, 0.1) is 0 Å². The van der Waals surface area contributed by atoms with Crippen molar-refractivity contribution < 1.29 is 4.74 Å². The Kier molecular flexibility index (Phi) is 7.15. The number of methoxy groups -OCH3 is 1. The zero-order chi connectivity index (χ0) is 13.4. The lowest BCUT2D eigenvalue weighted by Crippen LogP contribution is -2.35. The van der Waals surface area contributed by atoms with Gasteiger partial charge in [0.15, 0.2) is 0 Å². The minimum Gasteiger partial charge on any atom is -0.379 e. The summed E-state index contributed by atoms with van der Waals surface area (Å²) in [5.74, 6) is 0. The normalized spacial score (nSPS) is 20.0. The lowest BCUT2D eigenvalue weighted by Gasteiger charge is -2.27. The molecule has 0 amide bonds. The number of nitrogens with two attached hydrogens (primary N) is 1. The number of ether oxygens (including phenoxy) is 1. The monoisotopic (exact) mass is 257 g/mol. The van der Waals surface area contributed by atoms with Crippen molar-refractivity contribution in [2.75, 3.05) is 52.9 Å². The second-order valence-corrected chi connectivity index (χ2v) is 5.89. The van der Waals surface area contributed by atoms with Crippen LogP contribution in [0.3, 0.4) is 0 Å². The molecular weight excluding hydrogens is 226 g/mol. The van der Waals surface area contributed by atoms with E-state index in [1.54, 1.807) is 7.11 Å². The van der Waals surface area contributed by atoms with Gasteiger partial charge in [0.2, 0.25) is 0 Å². The molecule has 0 aliphatic carbocycles. The Balaban J connectivity index is 2.25. The molecule has 1 heterocycles. The highest BCUT2D eigenvalue weighted by Crippen LogP contribution is 2.14. The highest BCUT2D eigenvalue weighted by Gasteiger charge is 2.19. The summed E-state index contributed by atoms with van der Waals surface area (Å²) in [5, 5.41) is 0. The third-order valence-electron chi connectivity index (χ3n) is 3.94. The Morgan fingerprint density at radius 2 is 1.67 bits per heavy atom. The molecule has 0 spiro atoms. The average Bonchev–Trinajstić information content (AvgIpc) is 2.59. The van der Waals surface area contributed by atoms with E-state index in [1.165, 1.54) is 32.6 Å². The Morgan fingerprint density at radius 1 is 1.06 bits per heavy atom. The van der Waals surface area contributed by atoms with E-state index in [4.69, 9.17) is 10.5 Å². The fraction of sp³-hybridized carbons (Fsp3) is 1.00. The Bertz CT molecular complexity index is 221. The van der Waals surface area contributed by atoms with Crippen molar-refractivity contribution in [2.24, 2.45) is 5.73 Å². The van der Waals surface area contributed by atoms with Crippen molar-refractivity contribution in [1.29, 1.82) is 0 Å². The molecule has 1 saturated heterocycles. The van der Waals surface area contributed by atoms with Gasteiger partial charge in [0.1, 0.15) is 0 Å². The maximum absolute atomic E-state index is 5.57. The Hall–Kier alpha value is -0.160. The predicted octanol–water partition coefficient (Wildman–Crippen LogP) is 1.16. The van der Waals surface area contributed by atoms with Crippen LogP contribution in [0.5, 0.6) is 0 Å². The molecule has 0 atom stereocenters. The molecule has 18 heavy (non-hydrogen) atoms. The smallest absolute Gasteiger partial charge is 0.0634 e. The first-order chi connectivity index (χ1) is 8.57. The van der Waals surface area contributed by atoms with E-state index >= 15 is 0 Å². The Labute approximate surface area is 112 Å². The van der Waals surface area contributed by atoms with E-state index < -0.39 is 0 Å². The van der Waals surface area contributed by atoms with Crippen LogP contribution in [0.1, 0.15) is 33.1 Å². The molecule has 1 fully saturated rings.